The number of amides is 1. The summed E-state index contributed by atoms with van der Waals surface area (Å²) in [5, 5.41) is 0. The van der Waals surface area contributed by atoms with Crippen LogP contribution in [0.1, 0.15) is 27.2 Å². The molecule has 1 aromatic heterocycles. The quantitative estimate of drug-likeness (QED) is 0.851. The Kier molecular flexibility index (Phi) is 4.95. The van der Waals surface area contributed by atoms with Gasteiger partial charge < -0.3 is 15.2 Å². The molecule has 0 atom stereocenters. The van der Waals surface area contributed by atoms with Gasteiger partial charge >= 0.3 is 0 Å². The van der Waals surface area contributed by atoms with Gasteiger partial charge in [-0.2, -0.15) is 0 Å². The predicted molar refractivity (Wildman–Crippen MR) is 72.3 cm³/mol. The standard InChI is InChI=1S/C13H21N3O2/c1-4-7-16(10(2)3)13(18)9-15-8-11(14)5-6-12(15)17/h5-6,8,10H,4,7,9,14H2,1-3H3. The molecule has 5 heteroatoms. The molecule has 0 aliphatic rings. The third-order valence-corrected chi connectivity index (χ3v) is 2.72. The number of rotatable bonds is 5. The van der Waals surface area contributed by atoms with Crippen molar-refractivity contribution in [3.8, 4) is 0 Å². The average molecular weight is 251 g/mol. The highest BCUT2D eigenvalue weighted by Gasteiger charge is 2.16. The van der Waals surface area contributed by atoms with Crippen molar-refractivity contribution in [1.29, 1.82) is 0 Å². The second-order valence-electron chi connectivity index (χ2n) is 4.61. The number of anilines is 1. The monoisotopic (exact) mass is 251 g/mol. The highest BCUT2D eigenvalue weighted by molar-refractivity contribution is 5.76. The van der Waals surface area contributed by atoms with Gasteiger partial charge in [0.25, 0.3) is 5.56 Å². The molecule has 0 unspecified atom stereocenters. The van der Waals surface area contributed by atoms with Crippen molar-refractivity contribution in [2.45, 2.75) is 39.8 Å². The molecule has 1 aromatic rings. The zero-order valence-corrected chi connectivity index (χ0v) is 11.2. The molecule has 0 saturated carbocycles. The third-order valence-electron chi connectivity index (χ3n) is 2.72. The molecule has 1 rings (SSSR count). The molecule has 18 heavy (non-hydrogen) atoms. The molecule has 0 fully saturated rings. The Labute approximate surface area is 107 Å². The van der Waals surface area contributed by atoms with Gasteiger partial charge in [0.15, 0.2) is 0 Å². The molecule has 0 aliphatic carbocycles. The lowest BCUT2D eigenvalue weighted by Crippen LogP contribution is -2.41. The van der Waals surface area contributed by atoms with Crippen LogP contribution in [0.3, 0.4) is 0 Å². The van der Waals surface area contributed by atoms with E-state index in [1.165, 1.54) is 22.9 Å². The summed E-state index contributed by atoms with van der Waals surface area (Å²) in [5.74, 6) is -0.0560. The van der Waals surface area contributed by atoms with E-state index in [0.29, 0.717) is 12.2 Å². The number of nitrogens with two attached hydrogens (primary N) is 1. The molecule has 1 heterocycles. The number of carbonyl (C=O) groups is 1. The number of pyridine rings is 1. The SMILES string of the molecule is CCCN(C(=O)Cn1cc(N)ccc1=O)C(C)C. The molecule has 0 saturated heterocycles. The fraction of sp³-hybridized carbons (Fsp3) is 0.538. The normalized spacial score (nSPS) is 10.7. The van der Waals surface area contributed by atoms with Gasteiger partial charge in [-0.3, -0.25) is 9.59 Å². The van der Waals surface area contributed by atoms with Crippen LogP contribution in [-0.4, -0.2) is 28.0 Å². The van der Waals surface area contributed by atoms with E-state index in [2.05, 4.69) is 0 Å². The van der Waals surface area contributed by atoms with Gasteiger partial charge in [0.1, 0.15) is 6.54 Å². The van der Waals surface area contributed by atoms with Crippen LogP contribution >= 0.6 is 0 Å². The molecule has 100 valence electrons. The maximum atomic E-state index is 12.1. The summed E-state index contributed by atoms with van der Waals surface area (Å²) in [6.07, 6.45) is 2.40. The Morgan fingerprint density at radius 2 is 2.11 bits per heavy atom. The zero-order chi connectivity index (χ0) is 13.7. The first kappa shape index (κ1) is 14.3. The minimum Gasteiger partial charge on any atom is -0.398 e. The molecule has 5 nitrogen and oxygen atoms in total. The lowest BCUT2D eigenvalue weighted by atomic mass is 10.3. The molecular weight excluding hydrogens is 230 g/mol. The third kappa shape index (κ3) is 3.61. The second kappa shape index (κ2) is 6.23. The van der Waals surface area contributed by atoms with E-state index >= 15 is 0 Å². The van der Waals surface area contributed by atoms with Gasteiger partial charge in [-0.05, 0) is 26.3 Å². The van der Waals surface area contributed by atoms with Crippen molar-refractivity contribution in [3.05, 3.63) is 28.7 Å². The van der Waals surface area contributed by atoms with Crippen LogP contribution in [-0.2, 0) is 11.3 Å². The van der Waals surface area contributed by atoms with E-state index in [4.69, 9.17) is 5.73 Å². The summed E-state index contributed by atoms with van der Waals surface area (Å²) >= 11 is 0. The highest BCUT2D eigenvalue weighted by Crippen LogP contribution is 2.03. The van der Waals surface area contributed by atoms with Crippen molar-refractivity contribution in [3.63, 3.8) is 0 Å². The van der Waals surface area contributed by atoms with Gasteiger partial charge in [-0.1, -0.05) is 6.92 Å². The van der Waals surface area contributed by atoms with Crippen LogP contribution in [0.2, 0.25) is 0 Å². The fourth-order valence-corrected chi connectivity index (χ4v) is 1.82. The number of carbonyl (C=O) groups excluding carboxylic acids is 1. The van der Waals surface area contributed by atoms with Gasteiger partial charge in [0.2, 0.25) is 5.91 Å². The number of nitrogens with zero attached hydrogens (tertiary/aromatic N) is 2. The lowest BCUT2D eigenvalue weighted by Gasteiger charge is -2.26. The maximum Gasteiger partial charge on any atom is 0.251 e. The maximum absolute atomic E-state index is 12.1. The van der Waals surface area contributed by atoms with Gasteiger partial charge in [0, 0.05) is 30.5 Å². The van der Waals surface area contributed by atoms with Crippen molar-refractivity contribution >= 4 is 11.6 Å². The molecule has 0 aromatic carbocycles. The zero-order valence-electron chi connectivity index (χ0n) is 11.2. The summed E-state index contributed by atoms with van der Waals surface area (Å²) in [6.45, 7) is 6.70. The summed E-state index contributed by atoms with van der Waals surface area (Å²) in [5.41, 5.74) is 5.88. The van der Waals surface area contributed by atoms with Crippen LogP contribution < -0.4 is 11.3 Å². The Morgan fingerprint density at radius 1 is 1.44 bits per heavy atom. The summed E-state index contributed by atoms with van der Waals surface area (Å²) in [4.78, 5) is 25.5. The van der Waals surface area contributed by atoms with E-state index in [0.717, 1.165) is 6.42 Å². The van der Waals surface area contributed by atoms with Crippen LogP contribution in [0.25, 0.3) is 0 Å². The molecule has 0 spiro atoms. The first-order valence-electron chi connectivity index (χ1n) is 6.21. The molecule has 1 amide bonds. The molecule has 2 N–H and O–H groups in total. The Morgan fingerprint density at radius 3 is 2.67 bits per heavy atom. The Bertz CT molecular complexity index is 466. The number of nitrogen functional groups attached to an aromatic ring is 1. The molecule has 0 radical (unpaired) electrons. The van der Waals surface area contributed by atoms with Crippen LogP contribution in [0.15, 0.2) is 23.1 Å². The van der Waals surface area contributed by atoms with E-state index in [9.17, 15) is 9.59 Å². The van der Waals surface area contributed by atoms with E-state index < -0.39 is 0 Å². The van der Waals surface area contributed by atoms with Gasteiger partial charge in [-0.15, -0.1) is 0 Å². The predicted octanol–water partition coefficient (Wildman–Crippen LogP) is 1.08. The Hall–Kier alpha value is -1.78. The number of aromatic nitrogens is 1. The molecule has 0 bridgehead atoms. The average Bonchev–Trinajstić information content (AvgIpc) is 2.30. The first-order valence-corrected chi connectivity index (χ1v) is 6.21. The molecule has 0 aliphatic heterocycles. The van der Waals surface area contributed by atoms with Crippen molar-refractivity contribution in [2.24, 2.45) is 0 Å². The minimum absolute atomic E-state index is 0.0437. The second-order valence-corrected chi connectivity index (χ2v) is 4.61. The minimum atomic E-state index is -0.210. The van der Waals surface area contributed by atoms with Crippen LogP contribution in [0.4, 0.5) is 5.69 Å². The van der Waals surface area contributed by atoms with Gasteiger partial charge in [-0.25, -0.2) is 0 Å². The van der Waals surface area contributed by atoms with Crippen molar-refractivity contribution in [1.82, 2.24) is 9.47 Å². The Balaban J connectivity index is 2.85. The molecular formula is C13H21N3O2. The van der Waals surface area contributed by atoms with Gasteiger partial charge in [0.05, 0.1) is 0 Å². The van der Waals surface area contributed by atoms with Crippen molar-refractivity contribution in [2.75, 3.05) is 12.3 Å². The number of hydrogen-bond acceptors (Lipinski definition) is 3. The first-order chi connectivity index (χ1) is 8.45. The van der Waals surface area contributed by atoms with E-state index in [1.54, 1.807) is 4.90 Å². The lowest BCUT2D eigenvalue weighted by molar-refractivity contribution is -0.133. The van der Waals surface area contributed by atoms with Crippen LogP contribution in [0, 0.1) is 0 Å². The van der Waals surface area contributed by atoms with Crippen molar-refractivity contribution < 1.29 is 4.79 Å². The summed E-state index contributed by atoms with van der Waals surface area (Å²) in [7, 11) is 0. The topological polar surface area (TPSA) is 68.3 Å². The summed E-state index contributed by atoms with van der Waals surface area (Å²) < 4.78 is 1.35. The van der Waals surface area contributed by atoms with E-state index in [1.807, 2.05) is 20.8 Å². The number of hydrogen-bond donors (Lipinski definition) is 1. The van der Waals surface area contributed by atoms with Crippen LogP contribution in [0.5, 0.6) is 0 Å². The van der Waals surface area contributed by atoms with E-state index in [-0.39, 0.29) is 24.1 Å². The smallest absolute Gasteiger partial charge is 0.251 e. The highest BCUT2D eigenvalue weighted by atomic mass is 16.2. The largest absolute Gasteiger partial charge is 0.398 e. The summed E-state index contributed by atoms with van der Waals surface area (Å²) in [6, 6.07) is 3.05. The fourth-order valence-electron chi connectivity index (χ4n) is 1.82.